The van der Waals surface area contributed by atoms with Gasteiger partial charge >= 0.3 is 5.97 Å². The summed E-state index contributed by atoms with van der Waals surface area (Å²) in [4.78, 5) is 10.6. The predicted octanol–water partition coefficient (Wildman–Crippen LogP) is 0.523. The van der Waals surface area contributed by atoms with Gasteiger partial charge in [-0.1, -0.05) is 18.2 Å². The fraction of sp³-hybridized carbons (Fsp3) is 0.500. The van der Waals surface area contributed by atoms with Crippen molar-refractivity contribution >= 4 is 23.3 Å². The van der Waals surface area contributed by atoms with E-state index in [1.165, 1.54) is 6.92 Å². The van der Waals surface area contributed by atoms with Crippen LogP contribution in [0.1, 0.15) is 6.92 Å². The van der Waals surface area contributed by atoms with Crippen molar-refractivity contribution in [2.45, 2.75) is 19.1 Å². The van der Waals surface area contributed by atoms with Crippen molar-refractivity contribution in [3.63, 3.8) is 0 Å². The fourth-order valence-electron chi connectivity index (χ4n) is 1.37. The highest BCUT2D eigenvalue weighted by atomic mass is 32.1. The van der Waals surface area contributed by atoms with Gasteiger partial charge in [-0.3, -0.25) is 4.79 Å². The number of thiocarbonyl (C=S) groups is 1. The quantitative estimate of drug-likeness (QED) is 0.431. The third-order valence-electron chi connectivity index (χ3n) is 2.22. The molecule has 1 heterocycles. The van der Waals surface area contributed by atoms with Crippen LogP contribution in [0.3, 0.4) is 0 Å². The molecule has 0 radical (unpaired) electrons. The van der Waals surface area contributed by atoms with E-state index in [-0.39, 0.29) is 24.7 Å². The standard InChI is InChI=1S/C12H18N2O3S/c1-3-6-13-12(18)14-10-4-5-11(17-7-10)8-16-9(2)15/h3-5,10-11H,1,6-8H2,2H3,(H2,13,14,18)/t10-,11-/m1/s1. The van der Waals surface area contributed by atoms with Crippen LogP contribution >= 0.6 is 12.2 Å². The molecule has 1 aliphatic rings. The van der Waals surface area contributed by atoms with Gasteiger partial charge in [0, 0.05) is 13.5 Å². The van der Waals surface area contributed by atoms with Crippen molar-refractivity contribution in [2.75, 3.05) is 19.8 Å². The summed E-state index contributed by atoms with van der Waals surface area (Å²) in [5.74, 6) is -0.304. The van der Waals surface area contributed by atoms with E-state index < -0.39 is 0 Å². The van der Waals surface area contributed by atoms with Crippen LogP contribution in [0.5, 0.6) is 0 Å². The molecule has 18 heavy (non-hydrogen) atoms. The van der Waals surface area contributed by atoms with E-state index >= 15 is 0 Å². The SMILES string of the molecule is C=CCNC(=S)N[C@@H]1C=C[C@H](COC(C)=O)OC1. The average molecular weight is 270 g/mol. The van der Waals surface area contributed by atoms with E-state index in [2.05, 4.69) is 17.2 Å². The van der Waals surface area contributed by atoms with Gasteiger partial charge in [0.2, 0.25) is 0 Å². The summed E-state index contributed by atoms with van der Waals surface area (Å²) in [5, 5.41) is 6.63. The van der Waals surface area contributed by atoms with Gasteiger partial charge in [0.05, 0.1) is 12.6 Å². The van der Waals surface area contributed by atoms with Gasteiger partial charge in [0.25, 0.3) is 0 Å². The molecule has 0 saturated heterocycles. The average Bonchev–Trinajstić information content (AvgIpc) is 2.35. The Labute approximate surface area is 112 Å². The Morgan fingerprint density at radius 1 is 1.67 bits per heavy atom. The maximum absolute atomic E-state index is 10.6. The highest BCUT2D eigenvalue weighted by Crippen LogP contribution is 2.06. The van der Waals surface area contributed by atoms with Crippen molar-refractivity contribution in [1.82, 2.24) is 10.6 Å². The Morgan fingerprint density at radius 2 is 2.44 bits per heavy atom. The van der Waals surface area contributed by atoms with Gasteiger partial charge in [-0.15, -0.1) is 6.58 Å². The van der Waals surface area contributed by atoms with Crippen LogP contribution in [-0.2, 0) is 14.3 Å². The molecule has 0 aliphatic carbocycles. The topological polar surface area (TPSA) is 59.6 Å². The van der Waals surface area contributed by atoms with Gasteiger partial charge in [-0.25, -0.2) is 0 Å². The van der Waals surface area contributed by atoms with Gasteiger partial charge in [0.1, 0.15) is 12.7 Å². The van der Waals surface area contributed by atoms with Crippen molar-refractivity contribution in [3.05, 3.63) is 24.8 Å². The van der Waals surface area contributed by atoms with Crippen LogP contribution in [0.15, 0.2) is 24.8 Å². The Kier molecular flexibility index (Phi) is 6.38. The second kappa shape index (κ2) is 7.84. The third-order valence-corrected chi connectivity index (χ3v) is 2.48. The fourth-order valence-corrected chi connectivity index (χ4v) is 1.61. The highest BCUT2D eigenvalue weighted by molar-refractivity contribution is 7.80. The van der Waals surface area contributed by atoms with Crippen LogP contribution in [0.4, 0.5) is 0 Å². The summed E-state index contributed by atoms with van der Waals surface area (Å²) < 4.78 is 10.4. The largest absolute Gasteiger partial charge is 0.463 e. The van der Waals surface area contributed by atoms with Gasteiger partial charge in [-0.05, 0) is 12.2 Å². The molecule has 2 atom stereocenters. The lowest BCUT2D eigenvalue weighted by molar-refractivity contribution is -0.144. The van der Waals surface area contributed by atoms with Gasteiger partial charge < -0.3 is 20.1 Å². The maximum Gasteiger partial charge on any atom is 0.302 e. The maximum atomic E-state index is 10.6. The molecule has 100 valence electrons. The van der Waals surface area contributed by atoms with Crippen molar-refractivity contribution in [2.24, 2.45) is 0 Å². The molecule has 1 aliphatic heterocycles. The zero-order chi connectivity index (χ0) is 13.4. The number of hydrogen-bond acceptors (Lipinski definition) is 4. The number of nitrogens with one attached hydrogen (secondary N) is 2. The highest BCUT2D eigenvalue weighted by Gasteiger charge is 2.17. The van der Waals surface area contributed by atoms with Crippen LogP contribution in [-0.4, -0.2) is 43.0 Å². The molecule has 0 aromatic rings. The molecule has 1 rings (SSSR count). The number of hydrogen-bond donors (Lipinski definition) is 2. The van der Waals surface area contributed by atoms with Gasteiger partial charge in [-0.2, -0.15) is 0 Å². The lowest BCUT2D eigenvalue weighted by Crippen LogP contribution is -2.45. The summed E-state index contributed by atoms with van der Waals surface area (Å²) in [6.45, 7) is 6.33. The van der Waals surface area contributed by atoms with Crippen LogP contribution in [0.25, 0.3) is 0 Å². The molecule has 0 aromatic carbocycles. The van der Waals surface area contributed by atoms with E-state index in [0.717, 1.165) is 0 Å². The number of rotatable bonds is 5. The minimum absolute atomic E-state index is 0.0309. The lowest BCUT2D eigenvalue weighted by atomic mass is 10.2. The number of ether oxygens (including phenoxy) is 2. The molecule has 6 heteroatoms. The first kappa shape index (κ1) is 14.7. The molecule has 0 saturated carbocycles. The Hall–Kier alpha value is -1.40. The molecule has 0 bridgehead atoms. The summed E-state index contributed by atoms with van der Waals surface area (Å²) in [6, 6.07) is 0.0309. The molecular formula is C12H18N2O3S. The monoisotopic (exact) mass is 270 g/mol. The molecular weight excluding hydrogens is 252 g/mol. The summed E-state index contributed by atoms with van der Waals surface area (Å²) in [7, 11) is 0. The lowest BCUT2D eigenvalue weighted by Gasteiger charge is -2.25. The van der Waals surface area contributed by atoms with Gasteiger partial charge in [0.15, 0.2) is 5.11 Å². The first-order valence-corrected chi connectivity index (χ1v) is 6.11. The summed E-state index contributed by atoms with van der Waals surface area (Å²) in [6.07, 6.45) is 5.37. The van der Waals surface area contributed by atoms with E-state index in [1.807, 2.05) is 12.2 Å². The van der Waals surface area contributed by atoms with Crippen LogP contribution < -0.4 is 10.6 Å². The molecule has 0 spiro atoms. The number of carbonyl (C=O) groups is 1. The van der Waals surface area contributed by atoms with E-state index in [4.69, 9.17) is 21.7 Å². The molecule has 0 aromatic heterocycles. The molecule has 0 fully saturated rings. The summed E-state index contributed by atoms with van der Waals surface area (Å²) >= 11 is 5.09. The second-order valence-corrected chi connectivity index (χ2v) is 4.22. The first-order chi connectivity index (χ1) is 8.61. The van der Waals surface area contributed by atoms with E-state index in [0.29, 0.717) is 18.3 Å². The molecule has 2 N–H and O–H groups in total. The normalized spacial score (nSPS) is 22.1. The molecule has 0 amide bonds. The minimum Gasteiger partial charge on any atom is -0.463 e. The van der Waals surface area contributed by atoms with E-state index in [9.17, 15) is 4.79 Å². The number of carbonyl (C=O) groups excluding carboxylic acids is 1. The second-order valence-electron chi connectivity index (χ2n) is 3.81. The Balaban J connectivity index is 2.27. The van der Waals surface area contributed by atoms with Crippen LogP contribution in [0, 0.1) is 0 Å². The van der Waals surface area contributed by atoms with Crippen molar-refractivity contribution in [1.29, 1.82) is 0 Å². The van der Waals surface area contributed by atoms with Crippen LogP contribution in [0.2, 0.25) is 0 Å². The smallest absolute Gasteiger partial charge is 0.302 e. The summed E-state index contributed by atoms with van der Waals surface area (Å²) in [5.41, 5.74) is 0. The number of esters is 1. The first-order valence-electron chi connectivity index (χ1n) is 5.70. The predicted molar refractivity (Wildman–Crippen MR) is 73.2 cm³/mol. The Bertz CT molecular complexity index is 344. The molecule has 0 unspecified atom stereocenters. The van der Waals surface area contributed by atoms with Crippen molar-refractivity contribution < 1.29 is 14.3 Å². The third kappa shape index (κ3) is 5.79. The zero-order valence-electron chi connectivity index (χ0n) is 10.3. The molecule has 5 nitrogen and oxygen atoms in total. The van der Waals surface area contributed by atoms with E-state index in [1.54, 1.807) is 6.08 Å². The van der Waals surface area contributed by atoms with Crippen molar-refractivity contribution in [3.8, 4) is 0 Å². The minimum atomic E-state index is -0.304. The Morgan fingerprint density at radius 3 is 3.00 bits per heavy atom. The zero-order valence-corrected chi connectivity index (χ0v) is 11.2.